The lowest BCUT2D eigenvalue weighted by atomic mass is 10.2. The predicted octanol–water partition coefficient (Wildman–Crippen LogP) is 5.79. The molecule has 29 heavy (non-hydrogen) atoms. The molecule has 0 heterocycles. The molecule has 156 valence electrons. The van der Waals surface area contributed by atoms with E-state index in [0.29, 0.717) is 46.7 Å². The number of amides is 2. The van der Waals surface area contributed by atoms with Gasteiger partial charge in [-0.1, -0.05) is 29.3 Å². The smallest absolute Gasteiger partial charge is 0.234 e. The van der Waals surface area contributed by atoms with Crippen LogP contribution < -0.4 is 15.4 Å². The third kappa shape index (κ3) is 7.80. The van der Waals surface area contributed by atoms with Crippen molar-refractivity contribution in [3.05, 3.63) is 52.0 Å². The molecule has 8 heteroatoms. The molecular formula is C21H24Cl2N2O3S. The first kappa shape index (κ1) is 23.4. The molecule has 0 aliphatic carbocycles. The predicted molar refractivity (Wildman–Crippen MR) is 123 cm³/mol. The Balaban J connectivity index is 1.65. The summed E-state index contributed by atoms with van der Waals surface area (Å²) in [6, 6.07) is 10.8. The van der Waals surface area contributed by atoms with E-state index < -0.39 is 0 Å². The molecule has 2 N–H and O–H groups in total. The standard InChI is InChI=1S/C21H24Cl2N2O3S/c1-3-28-16-9-7-15(8-10-16)24-19(27)13-29-12-4-5-18(26)25-21-17(22)11-6-14(2)20(21)23/h6-11H,3-5,12-13H2,1-2H3,(H,24,27)(H,25,26). The van der Waals surface area contributed by atoms with Crippen molar-refractivity contribution in [1.82, 2.24) is 0 Å². The molecule has 0 saturated carbocycles. The third-order valence-electron chi connectivity index (χ3n) is 3.92. The van der Waals surface area contributed by atoms with E-state index in [9.17, 15) is 9.59 Å². The normalized spacial score (nSPS) is 10.5. The molecule has 0 aliphatic rings. The van der Waals surface area contributed by atoms with Crippen LogP contribution in [0.15, 0.2) is 36.4 Å². The molecule has 0 unspecified atom stereocenters. The van der Waals surface area contributed by atoms with E-state index in [1.165, 1.54) is 11.8 Å². The molecule has 0 bridgehead atoms. The minimum Gasteiger partial charge on any atom is -0.494 e. The fourth-order valence-corrected chi connectivity index (χ4v) is 3.69. The quantitative estimate of drug-likeness (QED) is 0.445. The van der Waals surface area contributed by atoms with Gasteiger partial charge in [0.25, 0.3) is 0 Å². The molecule has 0 spiro atoms. The van der Waals surface area contributed by atoms with Crippen molar-refractivity contribution >= 4 is 58.2 Å². The van der Waals surface area contributed by atoms with Gasteiger partial charge in [0.05, 0.1) is 28.1 Å². The number of rotatable bonds is 10. The molecule has 2 rings (SSSR count). The first-order valence-electron chi connectivity index (χ1n) is 9.25. The Morgan fingerprint density at radius 2 is 1.76 bits per heavy atom. The second-order valence-corrected chi connectivity index (χ2v) is 8.15. The summed E-state index contributed by atoms with van der Waals surface area (Å²) >= 11 is 13.8. The number of carbonyl (C=O) groups excluding carboxylic acids is 2. The van der Waals surface area contributed by atoms with Crippen molar-refractivity contribution in [3.8, 4) is 5.75 Å². The molecular weight excluding hydrogens is 431 g/mol. The van der Waals surface area contributed by atoms with E-state index in [2.05, 4.69) is 10.6 Å². The van der Waals surface area contributed by atoms with Crippen LogP contribution in [0.1, 0.15) is 25.3 Å². The number of carbonyl (C=O) groups is 2. The lowest BCUT2D eigenvalue weighted by molar-refractivity contribution is -0.116. The fraction of sp³-hybridized carbons (Fsp3) is 0.333. The number of thioether (sulfide) groups is 1. The molecule has 0 aromatic heterocycles. The topological polar surface area (TPSA) is 67.4 Å². The van der Waals surface area contributed by atoms with Crippen molar-refractivity contribution in [2.24, 2.45) is 0 Å². The minimum absolute atomic E-state index is 0.0815. The van der Waals surface area contributed by atoms with Gasteiger partial charge in [-0.25, -0.2) is 0 Å². The van der Waals surface area contributed by atoms with Gasteiger partial charge in [-0.15, -0.1) is 0 Å². The maximum absolute atomic E-state index is 12.1. The Labute approximate surface area is 185 Å². The average Bonchev–Trinajstić information content (AvgIpc) is 2.69. The van der Waals surface area contributed by atoms with E-state index in [1.54, 1.807) is 24.3 Å². The maximum atomic E-state index is 12.1. The van der Waals surface area contributed by atoms with E-state index in [-0.39, 0.29) is 11.8 Å². The first-order valence-corrected chi connectivity index (χ1v) is 11.2. The van der Waals surface area contributed by atoms with Crippen LogP contribution in [-0.4, -0.2) is 29.9 Å². The second-order valence-electron chi connectivity index (χ2n) is 6.26. The van der Waals surface area contributed by atoms with Crippen LogP contribution in [0.4, 0.5) is 11.4 Å². The van der Waals surface area contributed by atoms with Gasteiger partial charge in [-0.05, 0) is 61.9 Å². The summed E-state index contributed by atoms with van der Waals surface area (Å²) in [5.41, 5.74) is 2.02. The Morgan fingerprint density at radius 1 is 1.03 bits per heavy atom. The zero-order valence-corrected chi connectivity index (χ0v) is 18.7. The van der Waals surface area contributed by atoms with E-state index >= 15 is 0 Å². The number of anilines is 2. The Hall–Kier alpha value is -1.89. The zero-order valence-electron chi connectivity index (χ0n) is 16.4. The van der Waals surface area contributed by atoms with Crippen molar-refractivity contribution in [1.29, 1.82) is 0 Å². The number of nitrogens with one attached hydrogen (secondary N) is 2. The number of benzene rings is 2. The summed E-state index contributed by atoms with van der Waals surface area (Å²) in [7, 11) is 0. The van der Waals surface area contributed by atoms with Gasteiger partial charge < -0.3 is 15.4 Å². The lowest BCUT2D eigenvalue weighted by Gasteiger charge is -2.11. The van der Waals surface area contributed by atoms with Crippen LogP contribution in [0.25, 0.3) is 0 Å². The van der Waals surface area contributed by atoms with Crippen LogP contribution in [0, 0.1) is 6.92 Å². The van der Waals surface area contributed by atoms with Gasteiger partial charge in [0, 0.05) is 12.1 Å². The van der Waals surface area contributed by atoms with E-state index in [0.717, 1.165) is 17.0 Å². The van der Waals surface area contributed by atoms with Crippen LogP contribution in [0.2, 0.25) is 10.0 Å². The Kier molecular flexibility index (Phi) is 9.64. The molecule has 0 fully saturated rings. The summed E-state index contributed by atoms with van der Waals surface area (Å²) in [6.07, 6.45) is 0.974. The van der Waals surface area contributed by atoms with Gasteiger partial charge in [0.2, 0.25) is 11.8 Å². The highest BCUT2D eigenvalue weighted by molar-refractivity contribution is 7.99. The number of aryl methyl sites for hydroxylation is 1. The zero-order chi connectivity index (χ0) is 21.2. The second kappa shape index (κ2) is 12.0. The van der Waals surface area contributed by atoms with Crippen molar-refractivity contribution < 1.29 is 14.3 Å². The molecule has 0 saturated heterocycles. The van der Waals surface area contributed by atoms with Crippen LogP contribution in [0.5, 0.6) is 5.75 Å². The fourth-order valence-electron chi connectivity index (χ4n) is 2.47. The number of ether oxygens (including phenoxy) is 1. The SMILES string of the molecule is CCOc1ccc(NC(=O)CSCCCC(=O)Nc2c(Cl)ccc(C)c2Cl)cc1. The number of hydrogen-bond donors (Lipinski definition) is 2. The maximum Gasteiger partial charge on any atom is 0.234 e. The number of hydrogen-bond acceptors (Lipinski definition) is 4. The molecule has 0 radical (unpaired) electrons. The van der Waals surface area contributed by atoms with Gasteiger partial charge in [-0.2, -0.15) is 11.8 Å². The van der Waals surface area contributed by atoms with Gasteiger partial charge in [-0.3, -0.25) is 9.59 Å². The number of halogens is 2. The molecule has 5 nitrogen and oxygen atoms in total. The molecule has 0 atom stereocenters. The van der Waals surface area contributed by atoms with E-state index in [4.69, 9.17) is 27.9 Å². The average molecular weight is 455 g/mol. The van der Waals surface area contributed by atoms with Crippen molar-refractivity contribution in [3.63, 3.8) is 0 Å². The van der Waals surface area contributed by atoms with E-state index in [1.807, 2.05) is 26.0 Å². The molecule has 2 aromatic carbocycles. The summed E-state index contributed by atoms with van der Waals surface area (Å²) < 4.78 is 5.37. The first-order chi connectivity index (χ1) is 13.9. The van der Waals surface area contributed by atoms with Crippen LogP contribution in [0.3, 0.4) is 0 Å². The Bertz CT molecular complexity index is 845. The summed E-state index contributed by atoms with van der Waals surface area (Å²) in [6.45, 7) is 4.37. The summed E-state index contributed by atoms with van der Waals surface area (Å²) in [4.78, 5) is 24.1. The molecule has 2 aromatic rings. The van der Waals surface area contributed by atoms with Gasteiger partial charge >= 0.3 is 0 Å². The Morgan fingerprint density at radius 3 is 2.45 bits per heavy atom. The summed E-state index contributed by atoms with van der Waals surface area (Å²) in [5.74, 6) is 1.55. The highest BCUT2D eigenvalue weighted by Crippen LogP contribution is 2.33. The highest BCUT2D eigenvalue weighted by Gasteiger charge is 2.12. The van der Waals surface area contributed by atoms with Crippen molar-refractivity contribution in [2.45, 2.75) is 26.7 Å². The molecule has 0 aliphatic heterocycles. The van der Waals surface area contributed by atoms with Crippen LogP contribution in [-0.2, 0) is 9.59 Å². The van der Waals surface area contributed by atoms with Crippen molar-refractivity contribution in [2.75, 3.05) is 28.7 Å². The third-order valence-corrected chi connectivity index (χ3v) is 5.77. The van der Waals surface area contributed by atoms with Gasteiger partial charge in [0.15, 0.2) is 0 Å². The largest absolute Gasteiger partial charge is 0.494 e. The lowest BCUT2D eigenvalue weighted by Crippen LogP contribution is -2.15. The molecule has 2 amide bonds. The van der Waals surface area contributed by atoms with Gasteiger partial charge in [0.1, 0.15) is 5.75 Å². The monoisotopic (exact) mass is 454 g/mol. The summed E-state index contributed by atoms with van der Waals surface area (Å²) in [5, 5.41) is 6.46. The van der Waals surface area contributed by atoms with Crippen LogP contribution >= 0.6 is 35.0 Å². The highest BCUT2D eigenvalue weighted by atomic mass is 35.5. The minimum atomic E-state index is -0.154.